The molecule has 0 unspecified atom stereocenters. The number of ketones is 1. The van der Waals surface area contributed by atoms with Gasteiger partial charge >= 0.3 is 6.61 Å². The molecular weight excluding hydrogens is 342 g/mol. The fraction of sp³-hybridized carbons (Fsp3) is 0.250. The molecule has 26 heavy (non-hydrogen) atoms. The minimum atomic E-state index is -2.93. The first kappa shape index (κ1) is 17.9. The van der Waals surface area contributed by atoms with E-state index < -0.39 is 6.61 Å². The normalized spacial score (nSPS) is 15.1. The van der Waals surface area contributed by atoms with E-state index in [1.807, 2.05) is 6.07 Å². The summed E-state index contributed by atoms with van der Waals surface area (Å²) in [4.78, 5) is 12.7. The topological polar surface area (TPSA) is 44.8 Å². The van der Waals surface area contributed by atoms with Crippen LogP contribution in [0.25, 0.3) is 6.08 Å². The molecule has 136 valence electrons. The van der Waals surface area contributed by atoms with Gasteiger partial charge in [-0.05, 0) is 60.4 Å². The zero-order valence-corrected chi connectivity index (χ0v) is 14.4. The Balaban J connectivity index is 1.89. The van der Waals surface area contributed by atoms with E-state index in [0.29, 0.717) is 23.1 Å². The van der Waals surface area contributed by atoms with E-state index >= 15 is 0 Å². The van der Waals surface area contributed by atoms with Crippen LogP contribution in [0.1, 0.15) is 27.9 Å². The molecule has 0 heterocycles. The van der Waals surface area contributed by atoms with Crippen molar-refractivity contribution in [3.05, 3.63) is 58.7 Å². The summed E-state index contributed by atoms with van der Waals surface area (Å²) in [7, 11) is 2.96. The van der Waals surface area contributed by atoms with Gasteiger partial charge in [-0.15, -0.1) is 0 Å². The molecule has 0 saturated heterocycles. The van der Waals surface area contributed by atoms with Crippen molar-refractivity contribution in [1.29, 1.82) is 0 Å². The number of hydrogen-bond donors (Lipinski definition) is 0. The van der Waals surface area contributed by atoms with Crippen molar-refractivity contribution in [1.82, 2.24) is 0 Å². The highest BCUT2D eigenvalue weighted by Gasteiger charge is 2.22. The van der Waals surface area contributed by atoms with Crippen LogP contribution in [0, 0.1) is 0 Å². The number of rotatable bonds is 5. The van der Waals surface area contributed by atoms with E-state index in [4.69, 9.17) is 9.47 Å². The third-order valence-electron chi connectivity index (χ3n) is 4.26. The summed E-state index contributed by atoms with van der Waals surface area (Å²) < 4.78 is 39.5. The second-order valence-electron chi connectivity index (χ2n) is 5.81. The number of halogens is 2. The number of fused-ring (bicyclic) bond motifs is 1. The molecule has 1 aliphatic rings. The number of methoxy groups -OCH3 is 2. The monoisotopic (exact) mass is 360 g/mol. The second-order valence-corrected chi connectivity index (χ2v) is 5.81. The predicted molar refractivity (Wildman–Crippen MR) is 93.2 cm³/mol. The molecular formula is C20H18F2O4. The van der Waals surface area contributed by atoms with E-state index in [0.717, 1.165) is 17.7 Å². The number of benzene rings is 2. The Kier molecular flexibility index (Phi) is 5.21. The molecule has 0 fully saturated rings. The molecule has 0 aromatic heterocycles. The lowest BCUT2D eigenvalue weighted by atomic mass is 9.86. The van der Waals surface area contributed by atoms with Gasteiger partial charge in [-0.2, -0.15) is 8.78 Å². The standard InChI is InChI=1S/C20H18F2O4/c1-24-15-6-7-16-13(11-15)4-5-14(19(16)23)9-12-3-8-17(26-20(21)22)18(10-12)25-2/h3,6-11,20H,4-5H2,1-2H3. The highest BCUT2D eigenvalue weighted by molar-refractivity contribution is 6.13. The summed E-state index contributed by atoms with van der Waals surface area (Å²) in [5.74, 6) is 0.828. The molecule has 0 bridgehead atoms. The van der Waals surface area contributed by atoms with Gasteiger partial charge in [-0.25, -0.2) is 0 Å². The number of Topliss-reactive ketones (excluding diaryl/α,β-unsaturated/α-hetero) is 1. The van der Waals surface area contributed by atoms with Crippen LogP contribution < -0.4 is 14.2 Å². The lowest BCUT2D eigenvalue weighted by Gasteiger charge is -2.18. The highest BCUT2D eigenvalue weighted by atomic mass is 19.3. The fourth-order valence-corrected chi connectivity index (χ4v) is 2.99. The Labute approximate surface area is 150 Å². The van der Waals surface area contributed by atoms with E-state index in [1.165, 1.54) is 13.2 Å². The SMILES string of the molecule is COc1ccc2c(c1)CCC(=Cc1ccc(OC(F)F)c(OC)c1)C2=O. The first-order valence-electron chi connectivity index (χ1n) is 8.07. The zero-order valence-electron chi connectivity index (χ0n) is 14.4. The maximum Gasteiger partial charge on any atom is 0.387 e. The summed E-state index contributed by atoms with van der Waals surface area (Å²) in [6.07, 6.45) is 3.08. The first-order valence-corrected chi connectivity index (χ1v) is 8.07. The van der Waals surface area contributed by atoms with E-state index in [2.05, 4.69) is 4.74 Å². The molecule has 0 atom stereocenters. The van der Waals surface area contributed by atoms with Crippen LogP contribution in [0.15, 0.2) is 42.0 Å². The number of carbonyl (C=O) groups excluding carboxylic acids is 1. The van der Waals surface area contributed by atoms with Gasteiger partial charge in [0, 0.05) is 11.1 Å². The van der Waals surface area contributed by atoms with Crippen LogP contribution >= 0.6 is 0 Å². The third kappa shape index (κ3) is 3.69. The number of hydrogen-bond acceptors (Lipinski definition) is 4. The number of carbonyl (C=O) groups is 1. The molecule has 0 aliphatic heterocycles. The summed E-state index contributed by atoms with van der Waals surface area (Å²) >= 11 is 0. The molecule has 3 rings (SSSR count). The largest absolute Gasteiger partial charge is 0.497 e. The van der Waals surface area contributed by atoms with Gasteiger partial charge in [0.05, 0.1) is 14.2 Å². The number of ether oxygens (including phenoxy) is 3. The summed E-state index contributed by atoms with van der Waals surface area (Å²) in [5.41, 5.74) is 2.97. The maximum atomic E-state index is 12.7. The number of alkyl halides is 2. The van der Waals surface area contributed by atoms with Crippen molar-refractivity contribution in [2.45, 2.75) is 19.5 Å². The fourth-order valence-electron chi connectivity index (χ4n) is 2.99. The maximum absolute atomic E-state index is 12.7. The first-order chi connectivity index (χ1) is 12.5. The van der Waals surface area contributed by atoms with Gasteiger partial charge in [0.25, 0.3) is 0 Å². The van der Waals surface area contributed by atoms with Gasteiger partial charge in [0.15, 0.2) is 17.3 Å². The van der Waals surface area contributed by atoms with Crippen LogP contribution in [-0.4, -0.2) is 26.6 Å². The van der Waals surface area contributed by atoms with Crippen LogP contribution in [0.2, 0.25) is 0 Å². The Morgan fingerprint density at radius 1 is 1.00 bits per heavy atom. The molecule has 0 radical (unpaired) electrons. The van der Waals surface area contributed by atoms with Gasteiger partial charge in [0.2, 0.25) is 0 Å². The lowest BCUT2D eigenvalue weighted by molar-refractivity contribution is -0.0512. The second kappa shape index (κ2) is 7.56. The van der Waals surface area contributed by atoms with Crippen molar-refractivity contribution in [2.75, 3.05) is 14.2 Å². The van der Waals surface area contributed by atoms with Gasteiger partial charge in [0.1, 0.15) is 5.75 Å². The summed E-state index contributed by atoms with van der Waals surface area (Å²) in [6, 6.07) is 10.0. The summed E-state index contributed by atoms with van der Waals surface area (Å²) in [6.45, 7) is -2.93. The molecule has 0 N–H and O–H groups in total. The minimum Gasteiger partial charge on any atom is -0.497 e. The Morgan fingerprint density at radius 2 is 1.81 bits per heavy atom. The molecule has 2 aromatic carbocycles. The molecule has 2 aromatic rings. The molecule has 1 aliphatic carbocycles. The number of allylic oxidation sites excluding steroid dienone is 1. The van der Waals surface area contributed by atoms with E-state index in [-0.39, 0.29) is 17.3 Å². The molecule has 0 saturated carbocycles. The summed E-state index contributed by atoms with van der Waals surface area (Å²) in [5, 5.41) is 0. The van der Waals surface area contributed by atoms with Crippen LogP contribution in [-0.2, 0) is 6.42 Å². The average Bonchev–Trinajstić information content (AvgIpc) is 2.64. The van der Waals surface area contributed by atoms with Crippen molar-refractivity contribution in [2.24, 2.45) is 0 Å². The van der Waals surface area contributed by atoms with Crippen molar-refractivity contribution >= 4 is 11.9 Å². The average molecular weight is 360 g/mol. The van der Waals surface area contributed by atoms with Crippen LogP contribution in [0.5, 0.6) is 17.2 Å². The van der Waals surface area contributed by atoms with E-state index in [9.17, 15) is 13.6 Å². The number of aryl methyl sites for hydroxylation is 1. The Hall–Kier alpha value is -2.89. The molecule has 0 amide bonds. The van der Waals surface area contributed by atoms with Gasteiger partial charge in [-0.3, -0.25) is 4.79 Å². The van der Waals surface area contributed by atoms with Crippen LogP contribution in [0.4, 0.5) is 8.78 Å². The third-order valence-corrected chi connectivity index (χ3v) is 4.26. The molecule has 4 nitrogen and oxygen atoms in total. The lowest BCUT2D eigenvalue weighted by Crippen LogP contribution is -2.14. The van der Waals surface area contributed by atoms with Gasteiger partial charge < -0.3 is 14.2 Å². The van der Waals surface area contributed by atoms with E-state index in [1.54, 1.807) is 37.5 Å². The molecule has 0 spiro atoms. The van der Waals surface area contributed by atoms with Crippen LogP contribution in [0.3, 0.4) is 0 Å². The molecule has 6 heteroatoms. The Bertz CT molecular complexity index is 859. The Morgan fingerprint density at radius 3 is 2.50 bits per heavy atom. The van der Waals surface area contributed by atoms with Crippen molar-refractivity contribution < 1.29 is 27.8 Å². The quantitative estimate of drug-likeness (QED) is 0.736. The predicted octanol–water partition coefficient (Wildman–Crippen LogP) is 4.52. The minimum absolute atomic E-state index is 0.0409. The van der Waals surface area contributed by atoms with Gasteiger partial charge in [-0.1, -0.05) is 6.07 Å². The van der Waals surface area contributed by atoms with Crippen molar-refractivity contribution in [3.8, 4) is 17.2 Å². The zero-order chi connectivity index (χ0) is 18.7. The smallest absolute Gasteiger partial charge is 0.387 e. The highest BCUT2D eigenvalue weighted by Crippen LogP contribution is 2.33. The van der Waals surface area contributed by atoms with Crippen molar-refractivity contribution in [3.63, 3.8) is 0 Å².